The van der Waals surface area contributed by atoms with Crippen molar-refractivity contribution in [3.8, 4) is 0 Å². The van der Waals surface area contributed by atoms with E-state index in [-0.39, 0.29) is 5.12 Å². The van der Waals surface area contributed by atoms with Crippen molar-refractivity contribution in [2.75, 3.05) is 26.4 Å². The van der Waals surface area contributed by atoms with Gasteiger partial charge in [0.1, 0.15) is 0 Å². The second-order valence-corrected chi connectivity index (χ2v) is 3.27. The molecular formula is C7H13NOS. The zero-order chi connectivity index (χ0) is 7.98. The molecule has 0 saturated heterocycles. The molecule has 3 heteroatoms. The maximum absolute atomic E-state index is 10.6. The lowest BCUT2D eigenvalue weighted by molar-refractivity contribution is -0.107. The molecule has 0 radical (unpaired) electrons. The Bertz CT molecular complexity index is 123. The zero-order valence-electron chi connectivity index (χ0n) is 6.46. The summed E-state index contributed by atoms with van der Waals surface area (Å²) < 4.78 is 0. The highest BCUT2D eigenvalue weighted by molar-refractivity contribution is 8.14. The average Bonchev–Trinajstić information content (AvgIpc) is 1.87. The van der Waals surface area contributed by atoms with Crippen LogP contribution in [-0.2, 0) is 4.79 Å². The molecule has 0 aliphatic carbocycles. The van der Waals surface area contributed by atoms with Crippen molar-refractivity contribution >= 4 is 16.9 Å². The number of rotatable bonds is 4. The number of nitrogens with zero attached hydrogens (tertiary/aromatic N) is 1. The van der Waals surface area contributed by atoms with Crippen LogP contribution < -0.4 is 0 Å². The first-order valence-electron chi connectivity index (χ1n) is 3.10. The molecule has 0 aromatic heterocycles. The summed E-state index contributed by atoms with van der Waals surface area (Å²) >= 11 is 1.31. The van der Waals surface area contributed by atoms with Gasteiger partial charge in [0.2, 0.25) is 5.12 Å². The Morgan fingerprint density at radius 2 is 2.30 bits per heavy atom. The second-order valence-electron chi connectivity index (χ2n) is 2.17. The number of carbonyl (C=O) groups excluding carboxylic acids is 1. The van der Waals surface area contributed by atoms with Crippen molar-refractivity contribution in [2.45, 2.75) is 0 Å². The van der Waals surface area contributed by atoms with Crippen molar-refractivity contribution in [2.24, 2.45) is 0 Å². The lowest BCUT2D eigenvalue weighted by Gasteiger charge is -2.06. The van der Waals surface area contributed by atoms with E-state index in [0.717, 1.165) is 12.3 Å². The summed E-state index contributed by atoms with van der Waals surface area (Å²) in [5.74, 6) is 0.845. The Kier molecular flexibility index (Phi) is 5.35. The SMILES string of the molecule is C=CC(=O)SCCN(C)C. The lowest BCUT2D eigenvalue weighted by Crippen LogP contribution is -2.15. The minimum atomic E-state index is 0.0573. The van der Waals surface area contributed by atoms with Gasteiger partial charge in [-0.1, -0.05) is 18.3 Å². The number of hydrogen-bond donors (Lipinski definition) is 0. The van der Waals surface area contributed by atoms with Gasteiger partial charge in [-0.2, -0.15) is 0 Å². The molecule has 58 valence electrons. The largest absolute Gasteiger partial charge is 0.309 e. The Labute approximate surface area is 66.3 Å². The molecule has 0 N–H and O–H groups in total. The molecule has 0 aliphatic rings. The van der Waals surface area contributed by atoms with E-state index in [1.54, 1.807) is 0 Å². The maximum Gasteiger partial charge on any atom is 0.211 e. The van der Waals surface area contributed by atoms with Gasteiger partial charge < -0.3 is 4.90 Å². The van der Waals surface area contributed by atoms with Crippen molar-refractivity contribution in [1.29, 1.82) is 0 Å². The van der Waals surface area contributed by atoms with Crippen LogP contribution in [0.15, 0.2) is 12.7 Å². The van der Waals surface area contributed by atoms with E-state index < -0.39 is 0 Å². The van der Waals surface area contributed by atoms with Crippen LogP contribution in [0.4, 0.5) is 0 Å². The van der Waals surface area contributed by atoms with Gasteiger partial charge in [0.25, 0.3) is 0 Å². The molecule has 0 atom stereocenters. The number of hydrogen-bond acceptors (Lipinski definition) is 3. The summed E-state index contributed by atoms with van der Waals surface area (Å²) in [6.45, 7) is 4.31. The molecule has 10 heavy (non-hydrogen) atoms. The van der Waals surface area contributed by atoms with Gasteiger partial charge in [-0.15, -0.1) is 0 Å². The Morgan fingerprint density at radius 1 is 1.70 bits per heavy atom. The van der Waals surface area contributed by atoms with E-state index in [2.05, 4.69) is 6.58 Å². The first-order valence-corrected chi connectivity index (χ1v) is 4.09. The van der Waals surface area contributed by atoms with Crippen molar-refractivity contribution in [3.05, 3.63) is 12.7 Å². The predicted molar refractivity (Wildman–Crippen MR) is 46.2 cm³/mol. The molecule has 0 unspecified atom stereocenters. The third-order valence-electron chi connectivity index (χ3n) is 0.949. The van der Waals surface area contributed by atoms with Gasteiger partial charge in [0.15, 0.2) is 0 Å². The fourth-order valence-electron chi connectivity index (χ4n) is 0.388. The fraction of sp³-hybridized carbons (Fsp3) is 0.571. The van der Waals surface area contributed by atoms with Gasteiger partial charge >= 0.3 is 0 Å². The molecule has 0 heterocycles. The van der Waals surface area contributed by atoms with Crippen LogP contribution in [0, 0.1) is 0 Å². The van der Waals surface area contributed by atoms with Crippen LogP contribution in [0.2, 0.25) is 0 Å². The third kappa shape index (κ3) is 5.85. The van der Waals surface area contributed by atoms with E-state index in [1.165, 1.54) is 17.8 Å². The summed E-state index contributed by atoms with van der Waals surface area (Å²) in [7, 11) is 3.97. The van der Waals surface area contributed by atoms with E-state index in [1.807, 2.05) is 19.0 Å². The molecule has 0 saturated carbocycles. The third-order valence-corrected chi connectivity index (χ3v) is 1.79. The molecule has 2 nitrogen and oxygen atoms in total. The average molecular weight is 159 g/mol. The molecule has 0 aromatic carbocycles. The summed E-state index contributed by atoms with van der Waals surface area (Å²) in [5.41, 5.74) is 0. The molecule has 0 amide bonds. The smallest absolute Gasteiger partial charge is 0.211 e. The van der Waals surface area contributed by atoms with Gasteiger partial charge in [0, 0.05) is 12.3 Å². The number of carbonyl (C=O) groups is 1. The van der Waals surface area contributed by atoms with Crippen molar-refractivity contribution < 1.29 is 4.79 Å². The minimum Gasteiger partial charge on any atom is -0.309 e. The summed E-state index contributed by atoms with van der Waals surface area (Å²) in [6.07, 6.45) is 1.35. The standard InChI is InChI=1S/C7H13NOS/c1-4-7(9)10-6-5-8(2)3/h4H,1,5-6H2,2-3H3. The van der Waals surface area contributed by atoms with E-state index in [0.29, 0.717) is 0 Å². The van der Waals surface area contributed by atoms with Crippen LogP contribution in [0.25, 0.3) is 0 Å². The van der Waals surface area contributed by atoms with Crippen LogP contribution in [0.3, 0.4) is 0 Å². The maximum atomic E-state index is 10.6. The highest BCUT2D eigenvalue weighted by Gasteiger charge is 1.95. The van der Waals surface area contributed by atoms with E-state index in [9.17, 15) is 4.79 Å². The molecule has 0 fully saturated rings. The van der Waals surface area contributed by atoms with Crippen molar-refractivity contribution in [3.63, 3.8) is 0 Å². The number of thioether (sulfide) groups is 1. The Balaban J connectivity index is 3.19. The van der Waals surface area contributed by atoms with Crippen LogP contribution >= 0.6 is 11.8 Å². The summed E-state index contributed by atoms with van der Waals surface area (Å²) in [4.78, 5) is 12.7. The van der Waals surface area contributed by atoms with Gasteiger partial charge in [-0.3, -0.25) is 4.79 Å². The minimum absolute atomic E-state index is 0.0573. The highest BCUT2D eigenvalue weighted by Crippen LogP contribution is 2.01. The normalized spacial score (nSPS) is 9.90. The van der Waals surface area contributed by atoms with E-state index >= 15 is 0 Å². The lowest BCUT2D eigenvalue weighted by atomic mass is 10.7. The fourth-order valence-corrected chi connectivity index (χ4v) is 1.16. The molecule has 0 aromatic rings. The van der Waals surface area contributed by atoms with Crippen LogP contribution in [0.5, 0.6) is 0 Å². The van der Waals surface area contributed by atoms with Gasteiger partial charge in [-0.05, 0) is 20.2 Å². The summed E-state index contributed by atoms with van der Waals surface area (Å²) in [5, 5.41) is 0.0573. The van der Waals surface area contributed by atoms with Gasteiger partial charge in [0.05, 0.1) is 0 Å². The van der Waals surface area contributed by atoms with Crippen LogP contribution in [0.1, 0.15) is 0 Å². The summed E-state index contributed by atoms with van der Waals surface area (Å²) in [6, 6.07) is 0. The van der Waals surface area contributed by atoms with E-state index in [4.69, 9.17) is 0 Å². The topological polar surface area (TPSA) is 20.3 Å². The first-order chi connectivity index (χ1) is 4.66. The molecule has 0 rings (SSSR count). The van der Waals surface area contributed by atoms with Crippen molar-refractivity contribution in [1.82, 2.24) is 4.90 Å². The quantitative estimate of drug-likeness (QED) is 0.571. The molecule has 0 spiro atoms. The van der Waals surface area contributed by atoms with Crippen LogP contribution in [-0.4, -0.2) is 36.4 Å². The molecule has 0 bridgehead atoms. The second kappa shape index (κ2) is 5.50. The Hall–Kier alpha value is -0.280. The van der Waals surface area contributed by atoms with Gasteiger partial charge in [-0.25, -0.2) is 0 Å². The Morgan fingerprint density at radius 3 is 2.70 bits per heavy atom. The molecular weight excluding hydrogens is 146 g/mol. The first kappa shape index (κ1) is 9.72. The predicted octanol–water partition coefficient (Wildman–Crippen LogP) is 0.994. The highest BCUT2D eigenvalue weighted by atomic mass is 32.2. The molecule has 0 aliphatic heterocycles. The monoisotopic (exact) mass is 159 g/mol. The zero-order valence-corrected chi connectivity index (χ0v) is 7.28.